The van der Waals surface area contributed by atoms with E-state index in [2.05, 4.69) is 135 Å². The quantitative estimate of drug-likeness (QED) is 0.0195. The van der Waals surface area contributed by atoms with Crippen LogP contribution in [-0.4, -0.2) is 99.6 Å². The van der Waals surface area contributed by atoms with Gasteiger partial charge in [-0.05, 0) is 109 Å². The van der Waals surface area contributed by atoms with Crippen molar-refractivity contribution in [3.63, 3.8) is 0 Å². The van der Waals surface area contributed by atoms with Crippen LogP contribution < -0.4 is 5.32 Å². The Hall–Kier alpha value is -3.94. The van der Waals surface area contributed by atoms with Gasteiger partial charge in [0.15, 0.2) is 12.4 Å². The second-order valence-corrected chi connectivity index (χ2v) is 20.0. The monoisotopic (exact) mass is 1060 g/mol. The number of carbonyl (C=O) groups excluding carboxylic acids is 2. The van der Waals surface area contributed by atoms with Gasteiger partial charge in [-0.1, -0.05) is 219 Å². The minimum absolute atomic E-state index is 0.0585. The van der Waals surface area contributed by atoms with Crippen LogP contribution in [0.5, 0.6) is 0 Å². The van der Waals surface area contributed by atoms with Crippen LogP contribution in [0, 0.1) is 0 Å². The van der Waals surface area contributed by atoms with Crippen molar-refractivity contribution in [3.05, 3.63) is 122 Å². The van der Waals surface area contributed by atoms with Gasteiger partial charge in [0.2, 0.25) is 5.91 Å². The van der Waals surface area contributed by atoms with E-state index in [1.54, 1.807) is 6.08 Å². The van der Waals surface area contributed by atoms with Crippen molar-refractivity contribution in [2.24, 2.45) is 0 Å². The molecular formula is C65H107NO10. The third-order valence-corrected chi connectivity index (χ3v) is 13.1. The van der Waals surface area contributed by atoms with Crippen LogP contribution in [0.1, 0.15) is 213 Å². The van der Waals surface area contributed by atoms with E-state index in [1.165, 1.54) is 51.4 Å². The molecule has 1 aliphatic rings. The summed E-state index contributed by atoms with van der Waals surface area (Å²) in [6.07, 6.45) is 61.0. The van der Waals surface area contributed by atoms with Crippen LogP contribution in [0.15, 0.2) is 122 Å². The first-order valence-corrected chi connectivity index (χ1v) is 29.8. The molecule has 1 rings (SSSR count). The van der Waals surface area contributed by atoms with E-state index in [9.17, 15) is 35.1 Å². The molecule has 8 atom stereocenters. The zero-order valence-electron chi connectivity index (χ0n) is 47.6. The first-order chi connectivity index (χ1) is 37.2. The fraction of sp³-hybridized carbons (Fsp3) is 0.662. The molecule has 8 unspecified atom stereocenters. The van der Waals surface area contributed by atoms with Gasteiger partial charge in [0.1, 0.15) is 24.4 Å². The van der Waals surface area contributed by atoms with Crippen molar-refractivity contribution in [2.45, 2.75) is 262 Å². The van der Waals surface area contributed by atoms with E-state index in [0.717, 1.165) is 116 Å². The Balaban J connectivity index is 2.75. The standard InChI is InChI=1S/C65H107NO10/c1-4-7-10-13-16-19-22-25-26-27-28-29-30-31-32-35-38-41-44-47-50-53-60(70)76-63-62(72)61(71)59(54-67)75-65(63)74-55-56(57(68)51-48-45-42-39-36-33-23-20-17-14-11-8-5-2)66-64(73)58(69)52-49-46-43-40-37-34-24-21-18-15-12-9-6-3/h7,9-10,12,16,18-19,21,25-26,28-29,31-32,34,37-38,41,48,51,56-59,61-63,65,67-69,71-72H,4-6,8,11,13-15,17,20,22-24,27,30,33,35-36,39-40,42-47,49-50,52-55H2,1-3H3,(H,66,73)/b10-7-,12-9+,19-16-,21-18+,26-25-,29-28-,32-31-,37-34+,41-38-,51-48+. The maximum Gasteiger partial charge on any atom is 0.306 e. The molecule has 6 N–H and O–H groups in total. The summed E-state index contributed by atoms with van der Waals surface area (Å²) in [5.74, 6) is -1.27. The van der Waals surface area contributed by atoms with Gasteiger partial charge in [-0.2, -0.15) is 0 Å². The molecule has 432 valence electrons. The molecule has 0 radical (unpaired) electrons. The summed E-state index contributed by atoms with van der Waals surface area (Å²) < 4.78 is 17.5. The highest BCUT2D eigenvalue weighted by atomic mass is 16.7. The van der Waals surface area contributed by atoms with E-state index in [1.807, 2.05) is 6.08 Å². The highest BCUT2D eigenvalue weighted by molar-refractivity contribution is 5.80. The average molecular weight is 1060 g/mol. The van der Waals surface area contributed by atoms with Crippen molar-refractivity contribution in [2.75, 3.05) is 13.2 Å². The Morgan fingerprint density at radius 3 is 1.42 bits per heavy atom. The molecule has 0 aliphatic carbocycles. The number of nitrogens with one attached hydrogen (secondary N) is 1. The summed E-state index contributed by atoms with van der Waals surface area (Å²) in [5.41, 5.74) is 0. The minimum Gasteiger partial charge on any atom is -0.454 e. The first kappa shape index (κ1) is 70.1. The predicted octanol–water partition coefficient (Wildman–Crippen LogP) is 13.9. The normalized spacial score (nSPS) is 20.0. The smallest absolute Gasteiger partial charge is 0.306 e. The lowest BCUT2D eigenvalue weighted by Crippen LogP contribution is -2.61. The molecule has 76 heavy (non-hydrogen) atoms. The molecule has 11 nitrogen and oxygen atoms in total. The van der Waals surface area contributed by atoms with Gasteiger partial charge in [-0.15, -0.1) is 0 Å². The van der Waals surface area contributed by atoms with Crippen molar-refractivity contribution in [1.82, 2.24) is 5.32 Å². The molecule has 1 heterocycles. The van der Waals surface area contributed by atoms with Gasteiger partial charge in [-0.25, -0.2) is 0 Å². The van der Waals surface area contributed by atoms with Crippen molar-refractivity contribution in [3.8, 4) is 0 Å². The van der Waals surface area contributed by atoms with Crippen LogP contribution in [0.3, 0.4) is 0 Å². The average Bonchev–Trinajstić information content (AvgIpc) is 3.42. The fourth-order valence-electron chi connectivity index (χ4n) is 8.43. The molecule has 0 saturated carbocycles. The van der Waals surface area contributed by atoms with Gasteiger partial charge in [0.25, 0.3) is 0 Å². The molecular weight excluding hydrogens is 955 g/mol. The van der Waals surface area contributed by atoms with Crippen molar-refractivity contribution in [1.29, 1.82) is 0 Å². The van der Waals surface area contributed by atoms with Crippen LogP contribution >= 0.6 is 0 Å². The van der Waals surface area contributed by atoms with Crippen molar-refractivity contribution < 1.29 is 49.3 Å². The molecule has 1 fully saturated rings. The SMILES string of the molecule is CC/C=C\C/C=C\C/C=C\C/C=C\C/C=C\C/C=C\CCCCC(=O)OC1C(OCC(NC(=O)C(O)CCCCC/C=C/C/C=C/C/C=C/CC)C(O)/C=C/CCCCCCCCCCCCC)OC(CO)C(O)C1O. The first-order valence-electron chi connectivity index (χ1n) is 29.8. The maximum atomic E-state index is 13.4. The third-order valence-electron chi connectivity index (χ3n) is 13.1. The number of unbranched alkanes of at least 4 members (excludes halogenated alkanes) is 16. The lowest BCUT2D eigenvalue weighted by atomic mass is 9.99. The van der Waals surface area contributed by atoms with E-state index in [-0.39, 0.29) is 19.4 Å². The Kier molecular flexibility index (Phi) is 47.8. The lowest BCUT2D eigenvalue weighted by molar-refractivity contribution is -0.305. The van der Waals surface area contributed by atoms with Crippen LogP contribution in [0.25, 0.3) is 0 Å². The Labute approximate surface area is 461 Å². The number of carbonyl (C=O) groups is 2. The second-order valence-electron chi connectivity index (χ2n) is 20.0. The molecule has 0 bridgehead atoms. The molecule has 1 aliphatic heterocycles. The number of esters is 1. The molecule has 1 saturated heterocycles. The number of aliphatic hydroxyl groups is 5. The predicted molar refractivity (Wildman–Crippen MR) is 314 cm³/mol. The number of amides is 1. The van der Waals surface area contributed by atoms with Gasteiger partial charge >= 0.3 is 5.97 Å². The minimum atomic E-state index is -1.64. The van der Waals surface area contributed by atoms with E-state index < -0.39 is 67.4 Å². The topological polar surface area (TPSA) is 175 Å². The second kappa shape index (κ2) is 51.8. The molecule has 1 amide bonds. The number of hydrogen-bond acceptors (Lipinski definition) is 10. The Morgan fingerprint density at radius 1 is 0.526 bits per heavy atom. The number of allylic oxidation sites excluding steroid dienone is 19. The summed E-state index contributed by atoms with van der Waals surface area (Å²) in [5, 5.41) is 56.8. The summed E-state index contributed by atoms with van der Waals surface area (Å²) in [6, 6.07) is -1.05. The lowest BCUT2D eigenvalue weighted by Gasteiger charge is -2.41. The summed E-state index contributed by atoms with van der Waals surface area (Å²) in [6.45, 7) is 5.50. The van der Waals surface area contributed by atoms with Gasteiger partial charge in [-0.3, -0.25) is 9.59 Å². The summed E-state index contributed by atoms with van der Waals surface area (Å²) in [4.78, 5) is 26.5. The number of hydrogen-bond donors (Lipinski definition) is 6. The third kappa shape index (κ3) is 39.4. The number of rotatable bonds is 48. The molecule has 11 heteroatoms. The van der Waals surface area contributed by atoms with Crippen LogP contribution in [0.2, 0.25) is 0 Å². The van der Waals surface area contributed by atoms with Crippen molar-refractivity contribution >= 4 is 11.9 Å². The fourth-order valence-corrected chi connectivity index (χ4v) is 8.43. The molecule has 0 aromatic carbocycles. The van der Waals surface area contributed by atoms with Gasteiger partial charge < -0.3 is 45.1 Å². The Morgan fingerprint density at radius 2 is 0.947 bits per heavy atom. The van der Waals surface area contributed by atoms with Crippen LogP contribution in [0.4, 0.5) is 0 Å². The maximum absolute atomic E-state index is 13.4. The largest absolute Gasteiger partial charge is 0.454 e. The van der Waals surface area contributed by atoms with E-state index >= 15 is 0 Å². The highest BCUT2D eigenvalue weighted by Gasteiger charge is 2.47. The zero-order chi connectivity index (χ0) is 55.4. The highest BCUT2D eigenvalue weighted by Crippen LogP contribution is 2.26. The summed E-state index contributed by atoms with van der Waals surface area (Å²) >= 11 is 0. The molecule has 0 spiro atoms. The van der Waals surface area contributed by atoms with E-state index in [4.69, 9.17) is 14.2 Å². The number of aliphatic hydroxyl groups excluding tert-OH is 5. The Bertz CT molecular complexity index is 1690. The summed E-state index contributed by atoms with van der Waals surface area (Å²) in [7, 11) is 0. The van der Waals surface area contributed by atoms with Crippen LogP contribution in [-0.2, 0) is 23.8 Å². The van der Waals surface area contributed by atoms with Gasteiger partial charge in [0, 0.05) is 6.42 Å². The zero-order valence-corrected chi connectivity index (χ0v) is 47.6. The van der Waals surface area contributed by atoms with Gasteiger partial charge in [0.05, 0.1) is 25.4 Å². The molecule has 0 aromatic heterocycles. The van der Waals surface area contributed by atoms with E-state index in [0.29, 0.717) is 12.8 Å². The number of ether oxygens (including phenoxy) is 3. The molecule has 0 aromatic rings.